The number of alkyl halides is 9. The van der Waals surface area contributed by atoms with E-state index in [2.05, 4.69) is 63.9 Å². The van der Waals surface area contributed by atoms with Gasteiger partial charge in [-0.05, 0) is 114 Å². The van der Waals surface area contributed by atoms with Crippen LogP contribution in [0.2, 0.25) is 0 Å². The van der Waals surface area contributed by atoms with Gasteiger partial charge < -0.3 is 87.1 Å². The predicted molar refractivity (Wildman–Crippen MR) is 436 cm³/mol. The van der Waals surface area contributed by atoms with Gasteiger partial charge in [-0.15, -0.1) is 0 Å². The summed E-state index contributed by atoms with van der Waals surface area (Å²) < 4.78 is 201. The number of carbonyl (C=O) groups excluding carboxylic acids is 3. The first-order valence-electron chi connectivity index (χ1n) is 41.4. The molecule has 12 heterocycles. The highest BCUT2D eigenvalue weighted by Gasteiger charge is 2.45. The van der Waals surface area contributed by atoms with Crippen LogP contribution >= 0.6 is 0 Å². The number of piperazine rings is 3. The third-order valence-electron chi connectivity index (χ3n) is 24.4. The van der Waals surface area contributed by atoms with Crippen LogP contribution in [0.25, 0.3) is 14.5 Å². The van der Waals surface area contributed by atoms with Gasteiger partial charge in [-0.25, -0.2) is 32.9 Å². The van der Waals surface area contributed by atoms with E-state index in [0.717, 1.165) is 76.4 Å². The molecule has 0 radical (unpaired) electrons. The standard InChI is InChI=1S/3C29H32F4N6O3/c3*1-18(30)27(40)39-12-11-38(15-20(39)14-34-2)26-22-17-41-25(21-8-4-5-9-23(21)29(31,32)33)13-24(22)35-28(36-26)42-16-19-7-6-10-37(19)3/h3*4-5,8-9,19-20,25H,1,6-7,10-17H2,3H3/t2*19-,20+,25?;19-,20+,25-/m111/s1. The van der Waals surface area contributed by atoms with Gasteiger partial charge in [-0.1, -0.05) is 74.3 Å². The van der Waals surface area contributed by atoms with Crippen molar-refractivity contribution in [3.63, 3.8) is 0 Å². The average Bonchev–Trinajstić information content (AvgIpc) is 0.788. The lowest BCUT2D eigenvalue weighted by molar-refractivity contribution is -0.140. The molecule has 9 aliphatic rings. The lowest BCUT2D eigenvalue weighted by Gasteiger charge is -2.40. The Labute approximate surface area is 721 Å². The zero-order valence-electron chi connectivity index (χ0n) is 69.7. The Balaban J connectivity index is 0.000000162. The molecule has 0 aliphatic carbocycles. The van der Waals surface area contributed by atoms with Gasteiger partial charge in [-0.3, -0.25) is 14.4 Å². The number of likely N-dealkylation sites (tertiary alicyclic amines) is 3. The molecule has 9 aliphatic heterocycles. The van der Waals surface area contributed by atoms with E-state index in [1.807, 2.05) is 35.8 Å². The fourth-order valence-electron chi connectivity index (χ4n) is 17.7. The molecule has 0 saturated carbocycles. The summed E-state index contributed by atoms with van der Waals surface area (Å²) in [5.74, 6) is -4.43. The third kappa shape index (κ3) is 21.5. The number of hydrogen-bond donors (Lipinski definition) is 0. The second kappa shape index (κ2) is 40.1. The van der Waals surface area contributed by atoms with Crippen molar-refractivity contribution in [2.75, 3.05) is 154 Å². The van der Waals surface area contributed by atoms with Crippen molar-refractivity contribution in [1.82, 2.24) is 59.3 Å². The van der Waals surface area contributed by atoms with Crippen molar-refractivity contribution in [1.29, 1.82) is 0 Å². The highest BCUT2D eigenvalue weighted by atomic mass is 19.4. The fourth-order valence-corrected chi connectivity index (χ4v) is 17.7. The first-order chi connectivity index (χ1) is 60.2. The average molecular weight is 1770 g/mol. The van der Waals surface area contributed by atoms with Crippen molar-refractivity contribution in [2.24, 2.45) is 0 Å². The molecular formula is C87H96F12N18O9. The number of aromatic nitrogens is 6. The van der Waals surface area contributed by atoms with Gasteiger partial charge in [0, 0.05) is 113 Å². The summed E-state index contributed by atoms with van der Waals surface area (Å²) in [6, 6.07) is 15.1. The SMILES string of the molecule is [C-]#[N+]C[C@H]1CN(c2nc(OC[C@H]3CCCN3C)nc3c2COC(c2ccccc2C(F)(F)F)C3)CCN1C(=O)C(=C)F.[C-]#[N+]C[C@H]1CN(c2nc(OC[C@H]3CCCN3C)nc3c2COC(c2ccccc2C(F)(F)F)C3)CCN1C(=O)C(=C)F.[C-]#[N+]C[C@H]1CN(c2nc(OC[C@H]3CCCN3C)nc3c2CO[C@@H](c2ccccc2C(F)(F)F)C3)CCN1C(=O)C(=C)F. The molecule has 9 atom stereocenters. The summed E-state index contributed by atoms with van der Waals surface area (Å²) in [7, 11) is 6.06. The zero-order chi connectivity index (χ0) is 90.1. The largest absolute Gasteiger partial charge is 0.462 e. The van der Waals surface area contributed by atoms with Crippen molar-refractivity contribution < 1.29 is 95.5 Å². The van der Waals surface area contributed by atoms with Gasteiger partial charge in [0.25, 0.3) is 17.7 Å². The number of likely N-dealkylation sites (N-methyl/N-ethyl adjacent to an activating group) is 3. The number of benzene rings is 3. The minimum Gasteiger partial charge on any atom is -0.462 e. The Morgan fingerprint density at radius 1 is 0.405 bits per heavy atom. The Morgan fingerprint density at radius 2 is 0.667 bits per heavy atom. The molecule has 126 heavy (non-hydrogen) atoms. The number of ether oxygens (including phenoxy) is 6. The van der Waals surface area contributed by atoms with E-state index < -0.39 is 107 Å². The molecule has 39 heteroatoms. The Morgan fingerprint density at radius 3 is 0.897 bits per heavy atom. The second-order valence-electron chi connectivity index (χ2n) is 32.3. The molecule has 0 bridgehead atoms. The zero-order valence-corrected chi connectivity index (χ0v) is 69.7. The summed E-state index contributed by atoms with van der Waals surface area (Å²) in [6.07, 6.45) is -10.0. The molecule has 3 amide bonds. The minimum absolute atomic E-state index is 0.0292. The number of fused-ring (bicyclic) bond motifs is 3. The summed E-state index contributed by atoms with van der Waals surface area (Å²) in [6.45, 7) is 36.9. The lowest BCUT2D eigenvalue weighted by Crippen LogP contribution is -2.57. The van der Waals surface area contributed by atoms with Gasteiger partial charge in [0.2, 0.25) is 19.6 Å². The van der Waals surface area contributed by atoms with E-state index in [-0.39, 0.29) is 170 Å². The van der Waals surface area contributed by atoms with Gasteiger partial charge >= 0.3 is 36.6 Å². The number of halogens is 12. The van der Waals surface area contributed by atoms with Gasteiger partial charge in [0.05, 0.1) is 71.9 Å². The number of amides is 3. The molecule has 6 saturated heterocycles. The number of rotatable bonds is 21. The molecule has 6 fully saturated rings. The van der Waals surface area contributed by atoms with Crippen LogP contribution in [0.1, 0.15) is 124 Å². The highest BCUT2D eigenvalue weighted by molar-refractivity contribution is 5.92. The molecule has 3 aromatic carbocycles. The molecule has 672 valence electrons. The maximum absolute atomic E-state index is 13.8. The lowest BCUT2D eigenvalue weighted by atomic mass is 9.95. The molecule has 6 aromatic rings. The number of anilines is 3. The Hall–Kier alpha value is -11.3. The second-order valence-corrected chi connectivity index (χ2v) is 32.3. The highest BCUT2D eigenvalue weighted by Crippen LogP contribution is 2.46. The fraction of sp³-hybridized carbons (Fsp3) is 0.517. The number of nitrogens with zero attached hydrogens (tertiary/aromatic N) is 18. The van der Waals surface area contributed by atoms with E-state index >= 15 is 0 Å². The van der Waals surface area contributed by atoms with Crippen molar-refractivity contribution in [2.45, 2.75) is 151 Å². The summed E-state index contributed by atoms with van der Waals surface area (Å²) in [5.41, 5.74) is 1.18. The Kier molecular flexibility index (Phi) is 29.4. The van der Waals surface area contributed by atoms with Crippen LogP contribution in [0.4, 0.5) is 70.1 Å². The van der Waals surface area contributed by atoms with Crippen LogP contribution in [0.3, 0.4) is 0 Å². The maximum Gasteiger partial charge on any atom is 0.416 e. The van der Waals surface area contributed by atoms with Gasteiger partial charge in [-0.2, -0.15) is 69.4 Å². The summed E-state index contributed by atoms with van der Waals surface area (Å²) >= 11 is 0. The summed E-state index contributed by atoms with van der Waals surface area (Å²) in [4.78, 5) is 91.6. The van der Waals surface area contributed by atoms with Gasteiger partial charge in [0.15, 0.2) is 17.5 Å². The van der Waals surface area contributed by atoms with Crippen molar-refractivity contribution in [3.05, 3.63) is 211 Å². The first-order valence-corrected chi connectivity index (χ1v) is 41.4. The van der Waals surface area contributed by atoms with E-state index in [1.165, 1.54) is 51.1 Å². The smallest absolute Gasteiger partial charge is 0.416 e. The third-order valence-corrected chi connectivity index (χ3v) is 24.4. The van der Waals surface area contributed by atoms with E-state index in [1.54, 1.807) is 18.2 Å². The van der Waals surface area contributed by atoms with E-state index in [4.69, 9.17) is 63.1 Å². The Bertz CT molecular complexity index is 4630. The van der Waals surface area contributed by atoms with Gasteiger partial charge in [0.1, 0.15) is 55.4 Å². The molecule has 2 unspecified atom stereocenters. The monoisotopic (exact) mass is 1760 g/mol. The van der Waals surface area contributed by atoms with Crippen LogP contribution in [0.5, 0.6) is 18.0 Å². The topological polar surface area (TPSA) is 226 Å². The van der Waals surface area contributed by atoms with Crippen LogP contribution in [0, 0.1) is 19.7 Å². The molecule has 0 N–H and O–H groups in total. The van der Waals surface area contributed by atoms with Crippen molar-refractivity contribution >= 4 is 35.2 Å². The van der Waals surface area contributed by atoms with Crippen LogP contribution in [-0.2, 0) is 86.2 Å². The molecule has 15 rings (SSSR count). The normalized spacial score (nSPS) is 22.9. The molecular weight excluding hydrogens is 1670 g/mol. The van der Waals surface area contributed by atoms with E-state index in [9.17, 15) is 67.1 Å². The molecule has 0 spiro atoms. The predicted octanol–water partition coefficient (Wildman–Crippen LogP) is 12.6. The van der Waals surface area contributed by atoms with Crippen molar-refractivity contribution in [3.8, 4) is 18.0 Å². The van der Waals surface area contributed by atoms with Crippen LogP contribution < -0.4 is 28.9 Å². The van der Waals surface area contributed by atoms with Crippen LogP contribution in [-0.4, -0.2) is 252 Å². The molecule has 3 aromatic heterocycles. The molecule has 27 nitrogen and oxygen atoms in total. The maximum atomic E-state index is 13.8. The minimum atomic E-state index is -4.54. The quantitative estimate of drug-likeness (QED) is 0.0371. The van der Waals surface area contributed by atoms with Crippen LogP contribution in [0.15, 0.2) is 110 Å². The first kappa shape index (κ1) is 92.4. The van der Waals surface area contributed by atoms with E-state index in [0.29, 0.717) is 71.0 Å². The number of carbonyl (C=O) groups is 3. The summed E-state index contributed by atoms with van der Waals surface area (Å²) in [5, 5.41) is 0. The number of hydrogen-bond acceptors (Lipinski definition) is 21.